The first-order chi connectivity index (χ1) is 8.83. The average Bonchev–Trinajstić information content (AvgIpc) is 3.22. The van der Waals surface area contributed by atoms with E-state index in [1.165, 1.54) is 56.4 Å². The molecule has 2 fully saturated rings. The van der Waals surface area contributed by atoms with E-state index in [2.05, 4.69) is 28.4 Å². The molecule has 1 aliphatic heterocycles. The monoisotopic (exact) mass is 264 g/mol. The van der Waals surface area contributed by atoms with Crippen molar-refractivity contribution in [2.24, 2.45) is 0 Å². The number of nitrogens with one attached hydrogen (secondary N) is 1. The van der Waals surface area contributed by atoms with Crippen LogP contribution in [0.1, 0.15) is 37.7 Å². The van der Waals surface area contributed by atoms with Gasteiger partial charge in [0.25, 0.3) is 0 Å². The van der Waals surface area contributed by atoms with Crippen molar-refractivity contribution in [1.82, 2.24) is 5.32 Å². The summed E-state index contributed by atoms with van der Waals surface area (Å²) in [6.07, 6.45) is 6.63. The van der Waals surface area contributed by atoms with Crippen LogP contribution in [0.4, 0.5) is 5.69 Å². The van der Waals surface area contributed by atoms with Crippen molar-refractivity contribution >= 4 is 17.3 Å². The van der Waals surface area contributed by atoms with Crippen LogP contribution in [0, 0.1) is 0 Å². The van der Waals surface area contributed by atoms with Gasteiger partial charge in [0.15, 0.2) is 0 Å². The summed E-state index contributed by atoms with van der Waals surface area (Å²) >= 11 is 6.39. The van der Waals surface area contributed by atoms with E-state index < -0.39 is 0 Å². The summed E-state index contributed by atoms with van der Waals surface area (Å²) in [4.78, 5) is 2.45. The van der Waals surface area contributed by atoms with Gasteiger partial charge in [-0.15, -0.1) is 0 Å². The van der Waals surface area contributed by atoms with Crippen LogP contribution in [0.3, 0.4) is 0 Å². The predicted octanol–water partition coefficient (Wildman–Crippen LogP) is 3.58. The second-order valence-electron chi connectivity index (χ2n) is 5.48. The van der Waals surface area contributed by atoms with Gasteiger partial charge >= 0.3 is 0 Å². The Morgan fingerprint density at radius 1 is 1.17 bits per heavy atom. The van der Waals surface area contributed by atoms with Crippen molar-refractivity contribution in [2.75, 3.05) is 18.0 Å². The molecule has 0 bridgehead atoms. The van der Waals surface area contributed by atoms with Crippen LogP contribution >= 0.6 is 11.6 Å². The van der Waals surface area contributed by atoms with Crippen LogP contribution in [0.2, 0.25) is 5.02 Å². The summed E-state index contributed by atoms with van der Waals surface area (Å²) in [5.41, 5.74) is 2.51. The minimum absolute atomic E-state index is 0.739. The van der Waals surface area contributed by atoms with E-state index in [9.17, 15) is 0 Å². The van der Waals surface area contributed by atoms with Gasteiger partial charge in [0.2, 0.25) is 0 Å². The summed E-state index contributed by atoms with van der Waals surface area (Å²) in [7, 11) is 0. The molecule has 0 aromatic heterocycles. The Morgan fingerprint density at radius 3 is 2.61 bits per heavy atom. The minimum Gasteiger partial charge on any atom is -0.371 e. The lowest BCUT2D eigenvalue weighted by molar-refractivity contribution is 0.578. The van der Waals surface area contributed by atoms with Crippen LogP contribution in [0.25, 0.3) is 0 Å². The van der Waals surface area contributed by atoms with E-state index >= 15 is 0 Å². The molecule has 0 amide bonds. The van der Waals surface area contributed by atoms with Crippen LogP contribution < -0.4 is 10.2 Å². The Hall–Kier alpha value is -0.730. The fourth-order valence-electron chi connectivity index (χ4n) is 2.57. The first kappa shape index (κ1) is 12.3. The Morgan fingerprint density at radius 2 is 1.94 bits per heavy atom. The maximum Gasteiger partial charge on any atom is 0.0471 e. The third-order valence-corrected chi connectivity index (χ3v) is 4.27. The quantitative estimate of drug-likeness (QED) is 0.894. The van der Waals surface area contributed by atoms with Gasteiger partial charge in [0, 0.05) is 36.4 Å². The maximum atomic E-state index is 6.39. The van der Waals surface area contributed by atoms with Crippen LogP contribution in [-0.2, 0) is 6.54 Å². The molecule has 1 saturated heterocycles. The molecule has 1 aliphatic carbocycles. The highest BCUT2D eigenvalue weighted by Crippen LogP contribution is 2.27. The zero-order valence-corrected chi connectivity index (χ0v) is 11.5. The Labute approximate surface area is 114 Å². The SMILES string of the molecule is Clc1cc(N2CCCCC2)ccc1CNC1CC1. The number of halogens is 1. The molecule has 98 valence electrons. The summed E-state index contributed by atoms with van der Waals surface area (Å²) in [5, 5.41) is 4.42. The molecule has 0 spiro atoms. The minimum atomic E-state index is 0.739. The Balaban J connectivity index is 1.66. The van der Waals surface area contributed by atoms with Gasteiger partial charge < -0.3 is 10.2 Å². The molecule has 1 saturated carbocycles. The van der Waals surface area contributed by atoms with Crippen LogP contribution in [0.15, 0.2) is 18.2 Å². The largest absolute Gasteiger partial charge is 0.371 e. The van der Waals surface area contributed by atoms with Gasteiger partial charge in [-0.25, -0.2) is 0 Å². The first-order valence-electron chi connectivity index (χ1n) is 7.10. The van der Waals surface area contributed by atoms with E-state index in [1.54, 1.807) is 0 Å². The van der Waals surface area contributed by atoms with Crippen LogP contribution in [0.5, 0.6) is 0 Å². The summed E-state index contributed by atoms with van der Waals surface area (Å²) in [6.45, 7) is 3.26. The highest BCUT2D eigenvalue weighted by atomic mass is 35.5. The molecule has 1 aromatic rings. The van der Waals surface area contributed by atoms with Gasteiger partial charge in [0.05, 0.1) is 0 Å². The number of rotatable bonds is 4. The molecular weight excluding hydrogens is 244 g/mol. The molecule has 1 aromatic carbocycles. The zero-order chi connectivity index (χ0) is 12.4. The van der Waals surface area contributed by atoms with Gasteiger partial charge in [-0.3, -0.25) is 0 Å². The zero-order valence-electron chi connectivity index (χ0n) is 10.8. The molecular formula is C15H21ClN2. The molecule has 1 heterocycles. The summed E-state index contributed by atoms with van der Waals surface area (Å²) in [6, 6.07) is 7.28. The van der Waals surface area contributed by atoms with Gasteiger partial charge in [-0.2, -0.15) is 0 Å². The van der Waals surface area contributed by atoms with Crippen molar-refractivity contribution in [3.63, 3.8) is 0 Å². The third kappa shape index (κ3) is 2.99. The Bertz CT molecular complexity index is 409. The second-order valence-corrected chi connectivity index (χ2v) is 5.89. The molecule has 1 N–H and O–H groups in total. The molecule has 0 radical (unpaired) electrons. The summed E-state index contributed by atoms with van der Waals surface area (Å²) in [5.74, 6) is 0. The van der Waals surface area contributed by atoms with Crippen molar-refractivity contribution in [3.8, 4) is 0 Å². The lowest BCUT2D eigenvalue weighted by atomic mass is 10.1. The van der Waals surface area contributed by atoms with Crippen LogP contribution in [-0.4, -0.2) is 19.1 Å². The van der Waals surface area contributed by atoms with Crippen molar-refractivity contribution in [3.05, 3.63) is 28.8 Å². The van der Waals surface area contributed by atoms with Gasteiger partial charge in [-0.05, 0) is 49.8 Å². The number of nitrogens with zero attached hydrogens (tertiary/aromatic N) is 1. The molecule has 2 aliphatic rings. The Kier molecular flexibility index (Phi) is 3.76. The molecule has 18 heavy (non-hydrogen) atoms. The fraction of sp³-hybridized carbons (Fsp3) is 0.600. The van der Waals surface area contributed by atoms with E-state index in [0.29, 0.717) is 0 Å². The second kappa shape index (κ2) is 5.50. The van der Waals surface area contributed by atoms with Crippen molar-refractivity contribution < 1.29 is 0 Å². The summed E-state index contributed by atoms with van der Waals surface area (Å²) < 4.78 is 0. The van der Waals surface area contributed by atoms with Crippen molar-refractivity contribution in [2.45, 2.75) is 44.7 Å². The standard InChI is InChI=1S/C15H21ClN2/c16-15-10-14(18-8-2-1-3-9-18)7-4-12(15)11-17-13-5-6-13/h4,7,10,13,17H,1-3,5-6,8-9,11H2. The number of hydrogen-bond donors (Lipinski definition) is 1. The number of anilines is 1. The third-order valence-electron chi connectivity index (χ3n) is 3.92. The molecule has 3 rings (SSSR count). The lowest BCUT2D eigenvalue weighted by Gasteiger charge is -2.29. The molecule has 0 unspecified atom stereocenters. The van der Waals surface area contributed by atoms with Crippen molar-refractivity contribution in [1.29, 1.82) is 0 Å². The topological polar surface area (TPSA) is 15.3 Å². The van der Waals surface area contributed by atoms with Gasteiger partial charge in [0.1, 0.15) is 0 Å². The van der Waals surface area contributed by atoms with E-state index in [0.717, 1.165) is 17.6 Å². The molecule has 0 atom stereocenters. The van der Waals surface area contributed by atoms with E-state index in [-0.39, 0.29) is 0 Å². The highest BCUT2D eigenvalue weighted by Gasteiger charge is 2.20. The lowest BCUT2D eigenvalue weighted by Crippen LogP contribution is -2.29. The van der Waals surface area contributed by atoms with Gasteiger partial charge in [-0.1, -0.05) is 17.7 Å². The predicted molar refractivity (Wildman–Crippen MR) is 77.4 cm³/mol. The smallest absolute Gasteiger partial charge is 0.0471 e. The fourth-order valence-corrected chi connectivity index (χ4v) is 2.81. The van der Waals surface area contributed by atoms with E-state index in [4.69, 9.17) is 11.6 Å². The molecule has 2 nitrogen and oxygen atoms in total. The maximum absolute atomic E-state index is 6.39. The number of piperidine rings is 1. The molecule has 3 heteroatoms. The highest BCUT2D eigenvalue weighted by molar-refractivity contribution is 6.31. The first-order valence-corrected chi connectivity index (χ1v) is 7.47. The number of hydrogen-bond acceptors (Lipinski definition) is 2. The number of benzene rings is 1. The average molecular weight is 265 g/mol. The van der Waals surface area contributed by atoms with E-state index in [1.807, 2.05) is 0 Å². The normalized spacial score (nSPS) is 20.2.